The van der Waals surface area contributed by atoms with Crippen LogP contribution >= 0.6 is 0 Å². The number of amides is 1. The molecule has 0 fully saturated rings. The van der Waals surface area contributed by atoms with Crippen LogP contribution in [0.4, 0.5) is 0 Å². The Kier molecular flexibility index (Phi) is 3.21. The van der Waals surface area contributed by atoms with E-state index in [1.165, 1.54) is 0 Å². The van der Waals surface area contributed by atoms with Crippen molar-refractivity contribution in [2.45, 2.75) is 13.0 Å². The Labute approximate surface area is 116 Å². The molecule has 3 rings (SSSR count). The average Bonchev–Trinajstić information content (AvgIpc) is 2.95. The molecule has 1 atom stereocenters. The van der Waals surface area contributed by atoms with E-state index in [-0.39, 0.29) is 11.9 Å². The molecule has 0 bridgehead atoms. The molecule has 100 valence electrons. The van der Waals surface area contributed by atoms with Crippen molar-refractivity contribution in [2.75, 3.05) is 0 Å². The summed E-state index contributed by atoms with van der Waals surface area (Å²) in [5, 5.41) is 4.03. The summed E-state index contributed by atoms with van der Waals surface area (Å²) in [6.07, 6.45) is 5.32. The van der Waals surface area contributed by atoms with Crippen LogP contribution in [0.15, 0.2) is 55.0 Å². The molecule has 1 unspecified atom stereocenters. The number of aromatic nitrogens is 2. The van der Waals surface area contributed by atoms with Gasteiger partial charge < -0.3 is 10.3 Å². The lowest BCUT2D eigenvalue weighted by Crippen LogP contribution is -2.26. The standard InChI is InChI=1S/C16H15N3O/c1-11(12-4-7-17-8-5-12)19-16(20)14-2-3-15-13(10-14)6-9-18-15/h2-11,18H,1H3,(H,19,20). The molecule has 0 aliphatic heterocycles. The fourth-order valence-electron chi connectivity index (χ4n) is 2.21. The molecule has 1 aromatic carbocycles. The van der Waals surface area contributed by atoms with Crippen LogP contribution in [0.3, 0.4) is 0 Å². The molecule has 1 amide bonds. The number of rotatable bonds is 3. The number of pyridine rings is 1. The lowest BCUT2D eigenvalue weighted by molar-refractivity contribution is 0.0940. The zero-order valence-corrected chi connectivity index (χ0v) is 11.1. The van der Waals surface area contributed by atoms with Crippen molar-refractivity contribution < 1.29 is 4.79 Å². The Morgan fingerprint density at radius 1 is 1.20 bits per heavy atom. The van der Waals surface area contributed by atoms with Crippen LogP contribution in [0.1, 0.15) is 28.9 Å². The summed E-state index contributed by atoms with van der Waals surface area (Å²) in [6.45, 7) is 1.96. The second-order valence-electron chi connectivity index (χ2n) is 4.76. The third-order valence-corrected chi connectivity index (χ3v) is 3.37. The molecule has 4 heteroatoms. The molecule has 0 saturated carbocycles. The van der Waals surface area contributed by atoms with Crippen molar-refractivity contribution >= 4 is 16.8 Å². The van der Waals surface area contributed by atoms with Gasteiger partial charge in [0.05, 0.1) is 6.04 Å². The van der Waals surface area contributed by atoms with Gasteiger partial charge in [0.2, 0.25) is 0 Å². The van der Waals surface area contributed by atoms with Crippen LogP contribution in [0.5, 0.6) is 0 Å². The van der Waals surface area contributed by atoms with Crippen LogP contribution in [0, 0.1) is 0 Å². The number of hydrogen-bond acceptors (Lipinski definition) is 2. The molecule has 2 N–H and O–H groups in total. The van der Waals surface area contributed by atoms with Gasteiger partial charge in [-0.2, -0.15) is 0 Å². The SMILES string of the molecule is CC(NC(=O)c1ccc2[nH]ccc2c1)c1ccncc1. The van der Waals surface area contributed by atoms with Gasteiger partial charge in [0.25, 0.3) is 5.91 Å². The highest BCUT2D eigenvalue weighted by Gasteiger charge is 2.11. The molecule has 0 saturated heterocycles. The largest absolute Gasteiger partial charge is 0.361 e. The fraction of sp³-hybridized carbons (Fsp3) is 0.125. The van der Waals surface area contributed by atoms with Gasteiger partial charge in [-0.3, -0.25) is 9.78 Å². The quantitative estimate of drug-likeness (QED) is 0.764. The zero-order chi connectivity index (χ0) is 13.9. The van der Waals surface area contributed by atoms with Crippen LogP contribution in [0.2, 0.25) is 0 Å². The summed E-state index contributed by atoms with van der Waals surface area (Å²) >= 11 is 0. The minimum atomic E-state index is -0.0718. The molecule has 0 radical (unpaired) electrons. The third-order valence-electron chi connectivity index (χ3n) is 3.37. The Morgan fingerprint density at radius 3 is 2.80 bits per heavy atom. The number of nitrogens with one attached hydrogen (secondary N) is 2. The summed E-state index contributed by atoms with van der Waals surface area (Å²) in [7, 11) is 0. The van der Waals surface area contributed by atoms with Gasteiger partial charge in [-0.15, -0.1) is 0 Å². The number of aromatic amines is 1. The minimum Gasteiger partial charge on any atom is -0.361 e. The van der Waals surface area contributed by atoms with Crippen LogP contribution in [-0.4, -0.2) is 15.9 Å². The molecule has 0 aliphatic rings. The van der Waals surface area contributed by atoms with E-state index in [1.807, 2.05) is 49.5 Å². The summed E-state index contributed by atoms with van der Waals surface area (Å²) in [4.78, 5) is 19.3. The number of benzene rings is 1. The first kappa shape index (κ1) is 12.4. The first-order valence-electron chi connectivity index (χ1n) is 6.52. The smallest absolute Gasteiger partial charge is 0.251 e. The lowest BCUT2D eigenvalue weighted by Gasteiger charge is -2.14. The van der Waals surface area contributed by atoms with Gasteiger partial charge in [0.15, 0.2) is 0 Å². The average molecular weight is 265 g/mol. The first-order valence-corrected chi connectivity index (χ1v) is 6.52. The maximum atomic E-state index is 12.3. The molecule has 3 aromatic rings. The van der Waals surface area contributed by atoms with Crippen LogP contribution < -0.4 is 5.32 Å². The van der Waals surface area contributed by atoms with Gasteiger partial charge in [0.1, 0.15) is 0 Å². The number of fused-ring (bicyclic) bond motifs is 1. The molecule has 0 spiro atoms. The second-order valence-corrected chi connectivity index (χ2v) is 4.76. The van der Waals surface area contributed by atoms with Crippen molar-refractivity contribution in [3.05, 3.63) is 66.1 Å². The summed E-state index contributed by atoms with van der Waals surface area (Å²) < 4.78 is 0. The van der Waals surface area contributed by atoms with Crippen molar-refractivity contribution in [3.63, 3.8) is 0 Å². The van der Waals surface area contributed by atoms with Gasteiger partial charge >= 0.3 is 0 Å². The van der Waals surface area contributed by atoms with E-state index in [1.54, 1.807) is 12.4 Å². The molecule has 4 nitrogen and oxygen atoms in total. The van der Waals surface area contributed by atoms with Crippen molar-refractivity contribution in [1.29, 1.82) is 0 Å². The van der Waals surface area contributed by atoms with Gasteiger partial charge in [0, 0.05) is 35.1 Å². The van der Waals surface area contributed by atoms with Crippen LogP contribution in [0.25, 0.3) is 10.9 Å². The predicted molar refractivity (Wildman–Crippen MR) is 78.4 cm³/mol. The maximum Gasteiger partial charge on any atom is 0.251 e. The first-order chi connectivity index (χ1) is 9.74. The summed E-state index contributed by atoms with van der Waals surface area (Å²) in [6, 6.07) is 11.3. The Balaban J connectivity index is 1.78. The van der Waals surface area contributed by atoms with E-state index < -0.39 is 0 Å². The number of carbonyl (C=O) groups excluding carboxylic acids is 1. The topological polar surface area (TPSA) is 57.8 Å². The highest BCUT2D eigenvalue weighted by molar-refractivity contribution is 5.98. The Hall–Kier alpha value is -2.62. The fourth-order valence-corrected chi connectivity index (χ4v) is 2.21. The van der Waals surface area contributed by atoms with Crippen LogP contribution in [-0.2, 0) is 0 Å². The number of H-pyrrole nitrogens is 1. The minimum absolute atomic E-state index is 0.0487. The van der Waals surface area contributed by atoms with Gasteiger partial charge in [-0.25, -0.2) is 0 Å². The summed E-state index contributed by atoms with van der Waals surface area (Å²) in [5.41, 5.74) is 2.73. The molecular formula is C16H15N3O. The maximum absolute atomic E-state index is 12.3. The Morgan fingerprint density at radius 2 is 2.00 bits per heavy atom. The van der Waals surface area contributed by atoms with E-state index in [9.17, 15) is 4.79 Å². The number of carbonyl (C=O) groups is 1. The monoisotopic (exact) mass is 265 g/mol. The summed E-state index contributed by atoms with van der Waals surface area (Å²) in [5.74, 6) is -0.0718. The number of nitrogens with zero attached hydrogens (tertiary/aromatic N) is 1. The van der Waals surface area contributed by atoms with E-state index in [4.69, 9.17) is 0 Å². The Bertz CT molecular complexity index is 734. The van der Waals surface area contributed by atoms with Gasteiger partial charge in [-0.1, -0.05) is 0 Å². The molecular weight excluding hydrogens is 250 g/mol. The van der Waals surface area contributed by atoms with E-state index in [0.29, 0.717) is 5.56 Å². The third kappa shape index (κ3) is 2.40. The molecule has 2 aromatic heterocycles. The predicted octanol–water partition coefficient (Wildman–Crippen LogP) is 3.05. The van der Waals surface area contributed by atoms with Crippen molar-refractivity contribution in [2.24, 2.45) is 0 Å². The lowest BCUT2D eigenvalue weighted by atomic mass is 10.1. The molecule has 0 aliphatic carbocycles. The van der Waals surface area contributed by atoms with Crippen molar-refractivity contribution in [3.8, 4) is 0 Å². The van der Waals surface area contributed by atoms with Crippen molar-refractivity contribution in [1.82, 2.24) is 15.3 Å². The van der Waals surface area contributed by atoms with E-state index in [2.05, 4.69) is 15.3 Å². The number of hydrogen-bond donors (Lipinski definition) is 2. The highest BCUT2D eigenvalue weighted by Crippen LogP contribution is 2.16. The molecule has 20 heavy (non-hydrogen) atoms. The highest BCUT2D eigenvalue weighted by atomic mass is 16.1. The zero-order valence-electron chi connectivity index (χ0n) is 11.1. The van der Waals surface area contributed by atoms with E-state index >= 15 is 0 Å². The normalized spacial score (nSPS) is 12.2. The molecule has 2 heterocycles. The van der Waals surface area contributed by atoms with Gasteiger partial charge in [-0.05, 0) is 48.9 Å². The second kappa shape index (κ2) is 5.17. The van der Waals surface area contributed by atoms with E-state index in [0.717, 1.165) is 16.5 Å².